The fourth-order valence-electron chi connectivity index (χ4n) is 3.75. The maximum Gasteiger partial charge on any atom is 0.249 e. The van der Waals surface area contributed by atoms with Gasteiger partial charge in [-0.1, -0.05) is 42.5 Å². The van der Waals surface area contributed by atoms with E-state index in [1.54, 1.807) is 17.8 Å². The van der Waals surface area contributed by atoms with Crippen LogP contribution in [0.4, 0.5) is 5.82 Å². The first-order valence-electron chi connectivity index (χ1n) is 10.6. The predicted molar refractivity (Wildman–Crippen MR) is 132 cm³/mol. The Morgan fingerprint density at radius 3 is 2.32 bits per heavy atom. The van der Waals surface area contributed by atoms with E-state index >= 15 is 0 Å². The minimum atomic E-state index is -0.373. The van der Waals surface area contributed by atoms with Crippen molar-refractivity contribution in [1.82, 2.24) is 14.5 Å². The molecule has 7 heteroatoms. The average Bonchev–Trinajstić information content (AvgIpc) is 3.18. The number of nitrogens with one attached hydrogen (secondary N) is 1. The molecule has 0 saturated carbocycles. The van der Waals surface area contributed by atoms with Crippen LogP contribution in [-0.2, 0) is 4.79 Å². The second-order valence-electron chi connectivity index (χ2n) is 7.49. The molecule has 0 radical (unpaired) electrons. The van der Waals surface area contributed by atoms with Crippen molar-refractivity contribution in [3.05, 3.63) is 96.1 Å². The van der Waals surface area contributed by atoms with Crippen molar-refractivity contribution >= 4 is 40.0 Å². The third-order valence-corrected chi connectivity index (χ3v) is 5.37. The molecule has 0 bridgehead atoms. The van der Waals surface area contributed by atoms with Crippen molar-refractivity contribution in [2.24, 2.45) is 0 Å². The molecule has 2 aromatic heterocycles. The normalized spacial score (nSPS) is 11.1. The molecule has 1 N–H and O–H groups in total. The number of methoxy groups -OCH3 is 1. The molecule has 2 heterocycles. The van der Waals surface area contributed by atoms with Gasteiger partial charge in [-0.15, -0.1) is 0 Å². The van der Waals surface area contributed by atoms with Gasteiger partial charge in [0.1, 0.15) is 28.7 Å². The van der Waals surface area contributed by atoms with Gasteiger partial charge in [-0.2, -0.15) is 5.26 Å². The molecule has 0 fully saturated rings. The molecule has 5 aromatic rings. The van der Waals surface area contributed by atoms with Crippen LogP contribution in [0.1, 0.15) is 11.1 Å². The third kappa shape index (κ3) is 3.85. The van der Waals surface area contributed by atoms with E-state index in [9.17, 15) is 10.1 Å². The number of anilines is 1. The quantitative estimate of drug-likeness (QED) is 0.380. The van der Waals surface area contributed by atoms with Crippen LogP contribution >= 0.6 is 0 Å². The summed E-state index contributed by atoms with van der Waals surface area (Å²) in [6.07, 6.45) is 3.15. The maximum atomic E-state index is 12.9. The Bertz CT molecular complexity index is 1580. The largest absolute Gasteiger partial charge is 0.497 e. The van der Waals surface area contributed by atoms with Gasteiger partial charge in [-0.05, 0) is 48.0 Å². The van der Waals surface area contributed by atoms with E-state index in [4.69, 9.17) is 14.7 Å². The van der Waals surface area contributed by atoms with E-state index in [1.165, 1.54) is 6.08 Å². The monoisotopic (exact) mass is 445 g/mol. The number of hydrogen-bond acceptors (Lipinski definition) is 5. The summed E-state index contributed by atoms with van der Waals surface area (Å²) in [6.45, 7) is 0. The molecule has 0 unspecified atom stereocenters. The molecule has 0 atom stereocenters. The lowest BCUT2D eigenvalue weighted by atomic mass is 10.2. The minimum Gasteiger partial charge on any atom is -0.497 e. The Kier molecular flexibility index (Phi) is 5.46. The van der Waals surface area contributed by atoms with Crippen LogP contribution in [0, 0.1) is 11.3 Å². The van der Waals surface area contributed by atoms with Gasteiger partial charge in [0.15, 0.2) is 5.65 Å². The summed E-state index contributed by atoms with van der Waals surface area (Å²) >= 11 is 0. The number of para-hydroxylation sites is 2. The molecule has 0 spiro atoms. The summed E-state index contributed by atoms with van der Waals surface area (Å²) < 4.78 is 7.01. The van der Waals surface area contributed by atoms with Crippen LogP contribution in [0.3, 0.4) is 0 Å². The zero-order valence-electron chi connectivity index (χ0n) is 18.3. The summed E-state index contributed by atoms with van der Waals surface area (Å²) in [5.41, 5.74) is 4.09. The highest BCUT2D eigenvalue weighted by molar-refractivity contribution is 6.05. The van der Waals surface area contributed by atoms with Crippen LogP contribution in [0.25, 0.3) is 34.0 Å². The van der Waals surface area contributed by atoms with Gasteiger partial charge < -0.3 is 10.1 Å². The van der Waals surface area contributed by atoms with Crippen LogP contribution in [-0.4, -0.2) is 27.6 Å². The first-order chi connectivity index (χ1) is 16.7. The Labute approximate surface area is 195 Å². The second-order valence-corrected chi connectivity index (χ2v) is 7.49. The highest BCUT2D eigenvalue weighted by Crippen LogP contribution is 2.33. The van der Waals surface area contributed by atoms with Gasteiger partial charge in [0, 0.05) is 11.8 Å². The van der Waals surface area contributed by atoms with Gasteiger partial charge >= 0.3 is 0 Å². The summed E-state index contributed by atoms with van der Waals surface area (Å²) in [5, 5.41) is 12.9. The van der Waals surface area contributed by atoms with E-state index in [0.717, 1.165) is 5.56 Å². The summed E-state index contributed by atoms with van der Waals surface area (Å²) in [7, 11) is 1.59. The summed E-state index contributed by atoms with van der Waals surface area (Å²) in [6, 6.07) is 26.5. The van der Waals surface area contributed by atoms with Crippen molar-refractivity contribution in [2.75, 3.05) is 12.4 Å². The number of carbonyl (C=O) groups is 1. The van der Waals surface area contributed by atoms with E-state index in [0.29, 0.717) is 39.5 Å². The zero-order valence-corrected chi connectivity index (χ0v) is 18.3. The third-order valence-electron chi connectivity index (χ3n) is 5.37. The molecule has 0 saturated heterocycles. The summed E-state index contributed by atoms with van der Waals surface area (Å²) in [5.74, 6) is 0.622. The van der Waals surface area contributed by atoms with Crippen molar-refractivity contribution in [1.29, 1.82) is 5.26 Å². The van der Waals surface area contributed by atoms with Crippen LogP contribution < -0.4 is 10.1 Å². The molecular formula is C27H19N5O2. The van der Waals surface area contributed by atoms with Crippen molar-refractivity contribution in [3.63, 3.8) is 0 Å². The number of ether oxygens (including phenoxy) is 1. The minimum absolute atomic E-state index is 0.241. The SMILES string of the molecule is COc1ccc(-n2c(NC(=O)C=Cc3ccccc3)c(C#N)c3nc4ccccc4nc32)cc1. The number of aromatic nitrogens is 3. The number of nitrogens with zero attached hydrogens (tertiary/aromatic N) is 4. The predicted octanol–water partition coefficient (Wildman–Crippen LogP) is 5.11. The summed E-state index contributed by atoms with van der Waals surface area (Å²) in [4.78, 5) is 22.3. The molecule has 164 valence electrons. The maximum absolute atomic E-state index is 12.9. The zero-order chi connectivity index (χ0) is 23.5. The Hall–Kier alpha value is -4.96. The van der Waals surface area contributed by atoms with Crippen molar-refractivity contribution in [3.8, 4) is 17.5 Å². The molecule has 5 rings (SSSR count). The number of hydrogen-bond donors (Lipinski definition) is 1. The van der Waals surface area contributed by atoms with Gasteiger partial charge in [0.05, 0.1) is 18.1 Å². The van der Waals surface area contributed by atoms with E-state index < -0.39 is 0 Å². The smallest absolute Gasteiger partial charge is 0.249 e. The van der Waals surface area contributed by atoms with Gasteiger partial charge in [-0.25, -0.2) is 9.97 Å². The van der Waals surface area contributed by atoms with Gasteiger partial charge in [-0.3, -0.25) is 9.36 Å². The molecule has 7 nitrogen and oxygen atoms in total. The van der Waals surface area contributed by atoms with E-state index in [2.05, 4.69) is 11.4 Å². The van der Waals surface area contributed by atoms with Gasteiger partial charge in [0.2, 0.25) is 5.91 Å². The lowest BCUT2D eigenvalue weighted by Crippen LogP contribution is -2.13. The lowest BCUT2D eigenvalue weighted by Gasteiger charge is -2.11. The molecule has 3 aromatic carbocycles. The fraction of sp³-hybridized carbons (Fsp3) is 0.0370. The van der Waals surface area contributed by atoms with Crippen LogP contribution in [0.5, 0.6) is 5.75 Å². The van der Waals surface area contributed by atoms with E-state index in [-0.39, 0.29) is 11.5 Å². The number of nitriles is 1. The van der Waals surface area contributed by atoms with Crippen molar-refractivity contribution < 1.29 is 9.53 Å². The Balaban J connectivity index is 1.68. The van der Waals surface area contributed by atoms with Crippen LogP contribution in [0.15, 0.2) is 84.9 Å². The molecular weight excluding hydrogens is 426 g/mol. The fourth-order valence-corrected chi connectivity index (χ4v) is 3.75. The standard InChI is InChI=1S/C27H19N5O2/c1-34-20-14-12-19(13-15-20)32-26(31-24(33)16-11-18-7-3-2-4-8-18)21(17-28)25-27(32)30-23-10-6-5-9-22(23)29-25/h2-16H,1H3,(H,31,33). The molecule has 34 heavy (non-hydrogen) atoms. The Morgan fingerprint density at radius 1 is 0.971 bits per heavy atom. The number of carbonyl (C=O) groups excluding carboxylic acids is 1. The lowest BCUT2D eigenvalue weighted by molar-refractivity contribution is -0.111. The number of amides is 1. The molecule has 1 amide bonds. The first kappa shape index (κ1) is 20.9. The molecule has 0 aliphatic carbocycles. The van der Waals surface area contributed by atoms with Crippen LogP contribution in [0.2, 0.25) is 0 Å². The topological polar surface area (TPSA) is 92.8 Å². The number of rotatable bonds is 5. The Morgan fingerprint density at radius 2 is 1.65 bits per heavy atom. The number of benzene rings is 3. The highest BCUT2D eigenvalue weighted by Gasteiger charge is 2.23. The van der Waals surface area contributed by atoms with E-state index in [1.807, 2.05) is 78.9 Å². The average molecular weight is 445 g/mol. The molecule has 0 aliphatic rings. The first-order valence-corrected chi connectivity index (χ1v) is 10.6. The van der Waals surface area contributed by atoms with Crippen molar-refractivity contribution in [2.45, 2.75) is 0 Å². The number of fused-ring (bicyclic) bond motifs is 2. The van der Waals surface area contributed by atoms with Gasteiger partial charge in [0.25, 0.3) is 0 Å². The highest BCUT2D eigenvalue weighted by atomic mass is 16.5. The second kappa shape index (κ2) is 8.88. The molecule has 0 aliphatic heterocycles.